The summed E-state index contributed by atoms with van der Waals surface area (Å²) in [6.45, 7) is 6.44. The number of aromatic nitrogens is 3. The van der Waals surface area contributed by atoms with E-state index in [9.17, 15) is 0 Å². The summed E-state index contributed by atoms with van der Waals surface area (Å²) < 4.78 is 2.17. The molecule has 1 aliphatic rings. The van der Waals surface area contributed by atoms with Crippen molar-refractivity contribution in [3.8, 4) is 0 Å². The van der Waals surface area contributed by atoms with Crippen molar-refractivity contribution < 1.29 is 0 Å². The van der Waals surface area contributed by atoms with E-state index in [-0.39, 0.29) is 0 Å². The number of aryl methyl sites for hydroxylation is 1. The van der Waals surface area contributed by atoms with Gasteiger partial charge in [0.15, 0.2) is 0 Å². The molecule has 4 nitrogen and oxygen atoms in total. The fourth-order valence-corrected chi connectivity index (χ4v) is 3.15. The first-order chi connectivity index (χ1) is 8.33. The molecule has 2 aromatic rings. The second kappa shape index (κ2) is 4.58. The Bertz CT molecular complexity index is 480. The van der Waals surface area contributed by atoms with Crippen molar-refractivity contribution in [2.24, 2.45) is 0 Å². The molecule has 0 bridgehead atoms. The minimum atomic E-state index is 1.00. The lowest BCUT2D eigenvalue weighted by molar-refractivity contribution is 0.273. The van der Waals surface area contributed by atoms with E-state index in [1.807, 2.05) is 17.7 Å². The number of thiophene rings is 1. The maximum atomic E-state index is 4.15. The summed E-state index contributed by atoms with van der Waals surface area (Å²) in [5.41, 5.74) is 1.42. The van der Waals surface area contributed by atoms with Gasteiger partial charge in [-0.25, -0.2) is 0 Å². The molecule has 0 fully saturated rings. The summed E-state index contributed by atoms with van der Waals surface area (Å²) in [5.74, 6) is 1.12. The van der Waals surface area contributed by atoms with Crippen LogP contribution in [0.1, 0.15) is 16.3 Å². The van der Waals surface area contributed by atoms with Gasteiger partial charge >= 0.3 is 0 Å². The molecule has 1 aliphatic heterocycles. The first-order valence-electron chi connectivity index (χ1n) is 5.95. The van der Waals surface area contributed by atoms with E-state index in [1.54, 1.807) is 0 Å². The molecule has 90 valence electrons. The van der Waals surface area contributed by atoms with E-state index >= 15 is 0 Å². The first kappa shape index (κ1) is 10.9. The second-order valence-electron chi connectivity index (χ2n) is 4.49. The lowest BCUT2D eigenvalue weighted by Gasteiger charge is -2.18. The highest BCUT2D eigenvalue weighted by molar-refractivity contribution is 7.10. The highest BCUT2D eigenvalue weighted by Gasteiger charge is 2.15. The van der Waals surface area contributed by atoms with Crippen LogP contribution < -0.4 is 0 Å². The van der Waals surface area contributed by atoms with Crippen LogP contribution in [0.25, 0.3) is 0 Å². The smallest absolute Gasteiger partial charge is 0.134 e. The topological polar surface area (TPSA) is 34.0 Å². The van der Waals surface area contributed by atoms with Crippen LogP contribution >= 0.6 is 11.3 Å². The quantitative estimate of drug-likeness (QED) is 0.811. The number of hydrogen-bond donors (Lipinski definition) is 0. The lowest BCUT2D eigenvalue weighted by Crippen LogP contribution is -2.26. The van der Waals surface area contributed by atoms with Gasteiger partial charge < -0.3 is 4.57 Å². The molecular weight excluding hydrogens is 232 g/mol. The van der Waals surface area contributed by atoms with Crippen molar-refractivity contribution in [1.29, 1.82) is 0 Å². The first-order valence-corrected chi connectivity index (χ1v) is 6.83. The van der Waals surface area contributed by atoms with E-state index < -0.39 is 0 Å². The normalized spacial score (nSPS) is 16.8. The van der Waals surface area contributed by atoms with Gasteiger partial charge in [0.2, 0.25) is 0 Å². The molecule has 0 saturated heterocycles. The van der Waals surface area contributed by atoms with Gasteiger partial charge in [0.1, 0.15) is 12.2 Å². The molecule has 2 aromatic heterocycles. The fraction of sp³-hybridized carbons (Fsp3) is 0.500. The Labute approximate surface area is 105 Å². The fourth-order valence-electron chi connectivity index (χ4n) is 2.21. The van der Waals surface area contributed by atoms with E-state index in [0.29, 0.717) is 0 Å². The number of rotatable bonds is 2. The zero-order valence-electron chi connectivity index (χ0n) is 9.96. The van der Waals surface area contributed by atoms with Crippen molar-refractivity contribution in [3.05, 3.63) is 34.0 Å². The zero-order valence-corrected chi connectivity index (χ0v) is 10.8. The monoisotopic (exact) mass is 248 g/mol. The molecule has 0 atom stereocenters. The molecule has 3 heterocycles. The number of hydrogen-bond acceptors (Lipinski definition) is 4. The summed E-state index contributed by atoms with van der Waals surface area (Å²) in [6, 6.07) is 2.20. The van der Waals surface area contributed by atoms with Gasteiger partial charge in [0, 0.05) is 37.5 Å². The van der Waals surface area contributed by atoms with Gasteiger partial charge in [0.25, 0.3) is 0 Å². The van der Waals surface area contributed by atoms with Crippen LogP contribution in [-0.4, -0.2) is 32.8 Å². The molecule has 5 heteroatoms. The van der Waals surface area contributed by atoms with E-state index in [0.717, 1.165) is 38.4 Å². The second-order valence-corrected chi connectivity index (χ2v) is 5.49. The summed E-state index contributed by atoms with van der Waals surface area (Å²) >= 11 is 1.86. The molecule has 0 unspecified atom stereocenters. The van der Waals surface area contributed by atoms with Gasteiger partial charge in [-0.15, -0.1) is 21.5 Å². The molecule has 0 N–H and O–H groups in total. The Kier molecular flexibility index (Phi) is 2.94. The van der Waals surface area contributed by atoms with Crippen LogP contribution in [0.2, 0.25) is 0 Å². The van der Waals surface area contributed by atoms with Gasteiger partial charge in [0.05, 0.1) is 0 Å². The van der Waals surface area contributed by atoms with Crippen LogP contribution in [0.4, 0.5) is 0 Å². The highest BCUT2D eigenvalue weighted by atomic mass is 32.1. The predicted molar refractivity (Wildman–Crippen MR) is 68.1 cm³/mol. The molecule has 3 rings (SSSR count). The molecule has 0 aromatic carbocycles. The van der Waals surface area contributed by atoms with E-state index in [1.165, 1.54) is 10.4 Å². The minimum Gasteiger partial charge on any atom is -0.316 e. The molecular formula is C12H16N4S. The molecule has 0 aliphatic carbocycles. The third-order valence-electron chi connectivity index (χ3n) is 3.34. The Morgan fingerprint density at radius 2 is 2.29 bits per heavy atom. The van der Waals surface area contributed by atoms with Crippen molar-refractivity contribution in [2.45, 2.75) is 26.4 Å². The predicted octanol–water partition coefficient (Wildman–Crippen LogP) is 1.71. The van der Waals surface area contributed by atoms with Crippen LogP contribution in [-0.2, 0) is 19.5 Å². The number of fused-ring (bicyclic) bond motifs is 1. The van der Waals surface area contributed by atoms with Crippen LogP contribution in [0.5, 0.6) is 0 Å². The largest absolute Gasteiger partial charge is 0.316 e. The van der Waals surface area contributed by atoms with Gasteiger partial charge in [-0.3, -0.25) is 4.90 Å². The Hall–Kier alpha value is -1.20. The van der Waals surface area contributed by atoms with Crippen LogP contribution in [0.3, 0.4) is 0 Å². The van der Waals surface area contributed by atoms with Gasteiger partial charge in [-0.05, 0) is 23.9 Å². The van der Waals surface area contributed by atoms with Gasteiger partial charge in [-0.1, -0.05) is 0 Å². The average Bonchev–Trinajstić information content (AvgIpc) is 2.88. The minimum absolute atomic E-state index is 1.00. The molecule has 0 radical (unpaired) electrons. The summed E-state index contributed by atoms with van der Waals surface area (Å²) in [7, 11) is 0. The Morgan fingerprint density at radius 3 is 3.12 bits per heavy atom. The molecule has 0 saturated carbocycles. The third-order valence-corrected chi connectivity index (χ3v) is 4.35. The van der Waals surface area contributed by atoms with E-state index in [2.05, 4.69) is 38.0 Å². The number of nitrogens with zero attached hydrogens (tertiary/aromatic N) is 4. The van der Waals surface area contributed by atoms with Crippen LogP contribution in [0.15, 0.2) is 17.8 Å². The summed E-state index contributed by atoms with van der Waals surface area (Å²) in [4.78, 5) is 4.00. The lowest BCUT2D eigenvalue weighted by atomic mass is 10.2. The SMILES string of the molecule is Cc1ccsc1CN1CCc2nncn2CC1. The van der Waals surface area contributed by atoms with Gasteiger partial charge in [-0.2, -0.15) is 0 Å². The van der Waals surface area contributed by atoms with Crippen molar-refractivity contribution in [2.75, 3.05) is 13.1 Å². The van der Waals surface area contributed by atoms with E-state index in [4.69, 9.17) is 0 Å². The average molecular weight is 248 g/mol. The maximum Gasteiger partial charge on any atom is 0.134 e. The standard InChI is InChI=1S/C12H16N4S/c1-10-3-7-17-11(10)8-15-4-2-12-14-13-9-16(12)6-5-15/h3,7,9H,2,4-6,8H2,1H3. The maximum absolute atomic E-state index is 4.15. The van der Waals surface area contributed by atoms with Crippen molar-refractivity contribution >= 4 is 11.3 Å². The Morgan fingerprint density at radius 1 is 1.35 bits per heavy atom. The van der Waals surface area contributed by atoms with Crippen molar-refractivity contribution in [1.82, 2.24) is 19.7 Å². The zero-order chi connectivity index (χ0) is 11.7. The third kappa shape index (κ3) is 2.25. The molecule has 17 heavy (non-hydrogen) atoms. The van der Waals surface area contributed by atoms with Crippen molar-refractivity contribution in [3.63, 3.8) is 0 Å². The summed E-state index contributed by atoms with van der Waals surface area (Å²) in [5, 5.41) is 10.3. The Balaban J connectivity index is 1.68. The summed E-state index contributed by atoms with van der Waals surface area (Å²) in [6.07, 6.45) is 2.85. The molecule has 0 amide bonds. The highest BCUT2D eigenvalue weighted by Crippen LogP contribution is 2.18. The van der Waals surface area contributed by atoms with Crippen LogP contribution in [0, 0.1) is 6.92 Å². The molecule has 0 spiro atoms.